The third kappa shape index (κ3) is 6.76. The van der Waals surface area contributed by atoms with Gasteiger partial charge in [0.05, 0.1) is 18.4 Å². The number of ether oxygens (including phenoxy) is 4. The summed E-state index contributed by atoms with van der Waals surface area (Å²) < 4.78 is 23.7. The highest BCUT2D eigenvalue weighted by atomic mass is 16.7. The Morgan fingerprint density at radius 3 is 2.77 bits per heavy atom. The number of carbonyl (C=O) groups is 2. The highest BCUT2D eigenvalue weighted by molar-refractivity contribution is 5.72. The lowest BCUT2D eigenvalue weighted by Gasteiger charge is -2.43. The highest BCUT2D eigenvalue weighted by Gasteiger charge is 2.42. The summed E-state index contributed by atoms with van der Waals surface area (Å²) in [7, 11) is 0. The summed E-state index contributed by atoms with van der Waals surface area (Å²) in [6.45, 7) is 9.16. The maximum Gasteiger partial charge on any atom is 0.308 e. The van der Waals surface area contributed by atoms with E-state index in [1.54, 1.807) is 0 Å². The first kappa shape index (κ1) is 26.4. The third-order valence-corrected chi connectivity index (χ3v) is 8.40. The average molecular weight is 489 g/mol. The molecular weight excluding hydrogens is 444 g/mol. The Morgan fingerprint density at radius 1 is 1.20 bits per heavy atom. The maximum absolute atomic E-state index is 12.7. The van der Waals surface area contributed by atoms with Gasteiger partial charge in [-0.2, -0.15) is 0 Å². The first-order chi connectivity index (χ1) is 16.8. The zero-order valence-corrected chi connectivity index (χ0v) is 21.9. The van der Waals surface area contributed by atoms with Crippen LogP contribution >= 0.6 is 0 Å². The number of allylic oxidation sites excluding steroid dienone is 3. The molecule has 4 rings (SSSR count). The molecule has 2 heterocycles. The van der Waals surface area contributed by atoms with Crippen LogP contribution in [0.2, 0.25) is 0 Å². The fraction of sp³-hybridized carbons (Fsp3) is 0.793. The molecule has 2 aliphatic heterocycles. The van der Waals surface area contributed by atoms with Gasteiger partial charge in [-0.1, -0.05) is 45.9 Å². The highest BCUT2D eigenvalue weighted by Crippen LogP contribution is 2.45. The Balaban J connectivity index is 1.41. The van der Waals surface area contributed by atoms with Crippen molar-refractivity contribution < 1.29 is 28.5 Å². The van der Waals surface area contributed by atoms with Crippen molar-refractivity contribution in [2.45, 2.75) is 110 Å². The molecule has 0 bridgehead atoms. The lowest BCUT2D eigenvalue weighted by molar-refractivity contribution is -0.209. The predicted octanol–water partition coefficient (Wildman–Crippen LogP) is 5.75. The largest absolute Gasteiger partial charge is 0.462 e. The van der Waals surface area contributed by atoms with Crippen molar-refractivity contribution >= 4 is 11.9 Å². The Morgan fingerprint density at radius 2 is 2.03 bits per heavy atom. The number of cyclic esters (lactones) is 1. The van der Waals surface area contributed by atoms with E-state index in [0.717, 1.165) is 58.0 Å². The van der Waals surface area contributed by atoms with Gasteiger partial charge in [-0.15, -0.1) is 0 Å². The summed E-state index contributed by atoms with van der Waals surface area (Å²) in [5.41, 5.74) is 1.30. The van der Waals surface area contributed by atoms with Crippen LogP contribution in [0.15, 0.2) is 23.8 Å². The van der Waals surface area contributed by atoms with Crippen molar-refractivity contribution in [3.63, 3.8) is 0 Å². The summed E-state index contributed by atoms with van der Waals surface area (Å²) in [4.78, 5) is 25.1. The number of fused-ring (bicyclic) bond motifs is 1. The molecule has 0 N–H and O–H groups in total. The molecule has 6 nitrogen and oxygen atoms in total. The number of carbonyl (C=O) groups excluding carboxylic acids is 2. The quantitative estimate of drug-likeness (QED) is 0.405. The summed E-state index contributed by atoms with van der Waals surface area (Å²) >= 11 is 0. The number of esters is 2. The van der Waals surface area contributed by atoms with Crippen LogP contribution in [0.4, 0.5) is 0 Å². The van der Waals surface area contributed by atoms with Crippen LogP contribution in [0.1, 0.15) is 85.5 Å². The predicted molar refractivity (Wildman–Crippen MR) is 133 cm³/mol. The molecule has 9 atom stereocenters. The van der Waals surface area contributed by atoms with E-state index in [2.05, 4.69) is 32.1 Å². The molecule has 35 heavy (non-hydrogen) atoms. The molecule has 0 spiro atoms. The summed E-state index contributed by atoms with van der Waals surface area (Å²) in [5, 5.41) is 0. The zero-order chi connectivity index (χ0) is 24.9. The Bertz CT molecular complexity index is 797. The monoisotopic (exact) mass is 488 g/mol. The fourth-order valence-electron chi connectivity index (χ4n) is 6.19. The van der Waals surface area contributed by atoms with E-state index in [9.17, 15) is 9.59 Å². The Labute approximate surface area is 210 Å². The SMILES string of the molecule is CC[C@H](C)C(=O)O[C@H]1C[C@@H](C)C=C2C=C[C@H](C)[C@H](CC[C@@H]3C[C@@H](OC4CCCCO4)CC(=O)O3)[C@H]21. The molecule has 0 aromatic carbocycles. The lowest BCUT2D eigenvalue weighted by atomic mass is 9.65. The van der Waals surface area contributed by atoms with E-state index in [4.69, 9.17) is 18.9 Å². The molecule has 196 valence electrons. The van der Waals surface area contributed by atoms with Crippen LogP contribution in [-0.4, -0.2) is 43.1 Å². The van der Waals surface area contributed by atoms with Gasteiger partial charge in [0.15, 0.2) is 6.29 Å². The minimum atomic E-state index is -0.193. The van der Waals surface area contributed by atoms with E-state index >= 15 is 0 Å². The molecule has 0 radical (unpaired) electrons. The second kappa shape index (κ2) is 12.1. The molecule has 2 fully saturated rings. The molecule has 0 aromatic rings. The molecule has 1 unspecified atom stereocenters. The maximum atomic E-state index is 12.7. The first-order valence-electron chi connectivity index (χ1n) is 13.9. The van der Waals surface area contributed by atoms with E-state index in [1.165, 1.54) is 5.57 Å². The molecule has 2 aliphatic carbocycles. The van der Waals surface area contributed by atoms with Crippen LogP contribution in [0.25, 0.3) is 0 Å². The van der Waals surface area contributed by atoms with Crippen LogP contribution in [0.5, 0.6) is 0 Å². The van der Waals surface area contributed by atoms with Gasteiger partial charge in [0, 0.05) is 18.9 Å². The van der Waals surface area contributed by atoms with Crippen molar-refractivity contribution in [1.29, 1.82) is 0 Å². The summed E-state index contributed by atoms with van der Waals surface area (Å²) in [6.07, 6.45) is 13.8. The van der Waals surface area contributed by atoms with E-state index in [0.29, 0.717) is 24.2 Å². The normalized spacial score (nSPS) is 38.2. The second-order valence-electron chi connectivity index (χ2n) is 11.3. The Kier molecular flexibility index (Phi) is 9.09. The molecule has 4 aliphatic rings. The number of hydrogen-bond acceptors (Lipinski definition) is 6. The molecule has 0 amide bonds. The van der Waals surface area contributed by atoms with Gasteiger partial charge in [-0.3, -0.25) is 9.59 Å². The second-order valence-corrected chi connectivity index (χ2v) is 11.3. The van der Waals surface area contributed by atoms with E-state index in [1.807, 2.05) is 13.8 Å². The smallest absolute Gasteiger partial charge is 0.308 e. The molecule has 2 saturated heterocycles. The minimum Gasteiger partial charge on any atom is -0.462 e. The molecule has 0 aromatic heterocycles. The van der Waals surface area contributed by atoms with E-state index in [-0.39, 0.29) is 48.4 Å². The van der Waals surface area contributed by atoms with Gasteiger partial charge in [-0.05, 0) is 68.3 Å². The minimum absolute atomic E-state index is 0.0820. The first-order valence-corrected chi connectivity index (χ1v) is 13.9. The third-order valence-electron chi connectivity index (χ3n) is 8.40. The van der Waals surface area contributed by atoms with Gasteiger partial charge >= 0.3 is 11.9 Å². The van der Waals surface area contributed by atoms with Gasteiger partial charge in [-0.25, -0.2) is 0 Å². The van der Waals surface area contributed by atoms with Crippen LogP contribution in [0.3, 0.4) is 0 Å². The molecule has 0 saturated carbocycles. The molecular formula is C29H44O6. The number of rotatable bonds is 8. The molecule has 6 heteroatoms. The van der Waals surface area contributed by atoms with Crippen molar-refractivity contribution in [3.05, 3.63) is 23.8 Å². The Hall–Kier alpha value is -1.66. The van der Waals surface area contributed by atoms with Crippen LogP contribution in [0, 0.1) is 29.6 Å². The van der Waals surface area contributed by atoms with Gasteiger partial charge < -0.3 is 18.9 Å². The van der Waals surface area contributed by atoms with Crippen LogP contribution in [-0.2, 0) is 28.5 Å². The van der Waals surface area contributed by atoms with Crippen molar-refractivity contribution in [1.82, 2.24) is 0 Å². The van der Waals surface area contributed by atoms with Crippen LogP contribution < -0.4 is 0 Å². The standard InChI is InChI=1S/C29H44O6/c1-5-19(3)29(31)35-25-15-18(2)14-21-10-9-20(4)24(28(21)25)12-11-22-16-23(17-26(30)33-22)34-27-8-6-7-13-32-27/h9-10,14,18-20,22-25,27-28H,5-8,11-13,15-17H2,1-4H3/t18-,19-,20-,22+,23+,24-,25-,27?,28-/m0/s1. The van der Waals surface area contributed by atoms with E-state index < -0.39 is 0 Å². The van der Waals surface area contributed by atoms with Crippen molar-refractivity contribution in [2.75, 3.05) is 6.61 Å². The fourth-order valence-corrected chi connectivity index (χ4v) is 6.19. The topological polar surface area (TPSA) is 71.1 Å². The van der Waals surface area contributed by atoms with Gasteiger partial charge in [0.25, 0.3) is 0 Å². The van der Waals surface area contributed by atoms with Crippen molar-refractivity contribution in [2.24, 2.45) is 29.6 Å². The summed E-state index contributed by atoms with van der Waals surface area (Å²) in [6, 6.07) is 0. The average Bonchev–Trinajstić information content (AvgIpc) is 2.83. The lowest BCUT2D eigenvalue weighted by Crippen LogP contribution is -2.42. The van der Waals surface area contributed by atoms with Gasteiger partial charge in [0.1, 0.15) is 12.2 Å². The summed E-state index contributed by atoms with van der Waals surface area (Å²) in [5.74, 6) is 0.952. The van der Waals surface area contributed by atoms with Gasteiger partial charge in [0.2, 0.25) is 0 Å². The zero-order valence-electron chi connectivity index (χ0n) is 21.9. The van der Waals surface area contributed by atoms with Crippen molar-refractivity contribution in [3.8, 4) is 0 Å². The number of hydrogen-bond donors (Lipinski definition) is 0.